The number of carbonyl (C=O) groups excluding carboxylic acids is 2. The van der Waals surface area contributed by atoms with E-state index in [0.717, 1.165) is 11.0 Å². The summed E-state index contributed by atoms with van der Waals surface area (Å²) in [6.45, 7) is 4.90. The molecule has 1 aromatic rings. The van der Waals surface area contributed by atoms with Crippen molar-refractivity contribution >= 4 is 27.6 Å². The van der Waals surface area contributed by atoms with E-state index in [0.29, 0.717) is 19.5 Å². The number of nitrogens with one attached hydrogen (secondary N) is 1. The van der Waals surface area contributed by atoms with Gasteiger partial charge in [0.2, 0.25) is 10.0 Å². The number of nitro benzene ring substituents is 1. The van der Waals surface area contributed by atoms with Gasteiger partial charge >= 0.3 is 11.7 Å². The van der Waals surface area contributed by atoms with Gasteiger partial charge in [0.15, 0.2) is 5.75 Å². The van der Waals surface area contributed by atoms with Crippen molar-refractivity contribution in [2.24, 2.45) is 5.92 Å². The highest BCUT2D eigenvalue weighted by atomic mass is 32.2. The Balaban J connectivity index is 1.64. The highest BCUT2D eigenvalue weighted by Crippen LogP contribution is 2.30. The van der Waals surface area contributed by atoms with Crippen LogP contribution in [0.2, 0.25) is 0 Å². The van der Waals surface area contributed by atoms with E-state index < -0.39 is 32.7 Å². The van der Waals surface area contributed by atoms with Gasteiger partial charge in [0.25, 0.3) is 5.91 Å². The topological polar surface area (TPSA) is 142 Å². The average molecular weight is 470 g/mol. The summed E-state index contributed by atoms with van der Waals surface area (Å²) < 4.78 is 32.1. The molecule has 2 aliphatic rings. The van der Waals surface area contributed by atoms with Crippen LogP contribution in [0, 0.1) is 16.0 Å². The predicted octanol–water partition coefficient (Wildman–Crippen LogP) is 0.834. The number of rotatable bonds is 8. The average Bonchev–Trinajstić information content (AvgIpc) is 3.00. The number of benzene rings is 1. The van der Waals surface area contributed by atoms with E-state index in [-0.39, 0.29) is 42.2 Å². The van der Waals surface area contributed by atoms with Crippen molar-refractivity contribution in [3.63, 3.8) is 0 Å². The Morgan fingerprint density at radius 3 is 2.44 bits per heavy atom. The van der Waals surface area contributed by atoms with Crippen molar-refractivity contribution in [3.8, 4) is 5.75 Å². The van der Waals surface area contributed by atoms with Crippen molar-refractivity contribution in [2.45, 2.75) is 31.2 Å². The summed E-state index contributed by atoms with van der Waals surface area (Å²) >= 11 is 0. The molecular weight excluding hydrogens is 442 g/mol. The van der Waals surface area contributed by atoms with Crippen LogP contribution in [0.15, 0.2) is 23.1 Å². The second kappa shape index (κ2) is 9.38. The number of hydrogen-bond acceptors (Lipinski definition) is 8. The summed E-state index contributed by atoms with van der Waals surface area (Å²) in [7, 11) is -2.68. The highest BCUT2D eigenvalue weighted by molar-refractivity contribution is 7.89. The van der Waals surface area contributed by atoms with Crippen LogP contribution < -0.4 is 10.1 Å². The lowest BCUT2D eigenvalue weighted by molar-refractivity contribution is -0.386. The number of nitro groups is 1. The number of sulfonamides is 1. The Morgan fingerprint density at radius 2 is 1.88 bits per heavy atom. The van der Waals surface area contributed by atoms with Gasteiger partial charge in [0.05, 0.1) is 23.6 Å². The summed E-state index contributed by atoms with van der Waals surface area (Å²) in [5, 5.41) is 13.9. The summed E-state index contributed by atoms with van der Waals surface area (Å²) in [6, 6.07) is 2.54. The van der Waals surface area contributed by atoms with Gasteiger partial charge in [-0.25, -0.2) is 18.1 Å². The fourth-order valence-electron chi connectivity index (χ4n) is 3.78. The molecular formula is C19H27N5O7S. The first-order valence-electron chi connectivity index (χ1n) is 10.2. The molecule has 13 heteroatoms. The van der Waals surface area contributed by atoms with Crippen molar-refractivity contribution in [2.75, 3.05) is 40.0 Å². The minimum absolute atomic E-state index is 0.0249. The Labute approximate surface area is 186 Å². The number of hydrogen-bond donors (Lipinski definition) is 1. The molecule has 176 valence electrons. The van der Waals surface area contributed by atoms with Gasteiger partial charge in [-0.2, -0.15) is 4.31 Å². The molecule has 12 nitrogen and oxygen atoms in total. The molecule has 0 aliphatic carbocycles. The monoisotopic (exact) mass is 469 g/mol. The van der Waals surface area contributed by atoms with Gasteiger partial charge < -0.3 is 10.1 Å². The van der Waals surface area contributed by atoms with E-state index in [1.54, 1.807) is 0 Å². The number of carbonyl (C=O) groups is 2. The first-order valence-corrected chi connectivity index (χ1v) is 11.7. The van der Waals surface area contributed by atoms with Gasteiger partial charge in [0, 0.05) is 32.2 Å². The Bertz CT molecular complexity index is 1010. The number of ether oxygens (including phenoxy) is 1. The third kappa shape index (κ3) is 4.84. The molecule has 1 atom stereocenters. The van der Waals surface area contributed by atoms with Crippen LogP contribution in [-0.4, -0.2) is 85.4 Å². The maximum atomic E-state index is 13.0. The normalized spacial score (nSPS) is 20.6. The molecule has 0 radical (unpaired) electrons. The standard InChI is InChI=1S/C19H27N5O7S/c1-13(2)10-15-18(25)23(19(26)20-15)12-21-6-8-22(9-7-21)32(29,30)14-4-5-17(31-3)16(11-14)24(27)28/h4-5,11,13,15H,6-10,12H2,1-3H3,(H,20,26). The van der Waals surface area contributed by atoms with Crippen LogP contribution in [0.1, 0.15) is 20.3 Å². The molecule has 0 saturated carbocycles. The van der Waals surface area contributed by atoms with E-state index in [1.807, 2.05) is 18.7 Å². The molecule has 2 heterocycles. The highest BCUT2D eigenvalue weighted by Gasteiger charge is 2.39. The summed E-state index contributed by atoms with van der Waals surface area (Å²) in [4.78, 5) is 38.0. The number of imide groups is 1. The lowest BCUT2D eigenvalue weighted by Crippen LogP contribution is -2.52. The van der Waals surface area contributed by atoms with Gasteiger partial charge in [-0.3, -0.25) is 19.8 Å². The minimum atomic E-state index is -3.95. The number of amides is 3. The van der Waals surface area contributed by atoms with E-state index in [9.17, 15) is 28.1 Å². The van der Waals surface area contributed by atoms with Crippen molar-refractivity contribution in [1.82, 2.24) is 19.4 Å². The van der Waals surface area contributed by atoms with Crippen LogP contribution in [0.25, 0.3) is 0 Å². The zero-order chi connectivity index (χ0) is 23.6. The third-order valence-electron chi connectivity index (χ3n) is 5.47. The molecule has 2 aliphatic heterocycles. The summed E-state index contributed by atoms with van der Waals surface area (Å²) in [6.07, 6.45) is 0.557. The molecule has 1 unspecified atom stereocenters. The van der Waals surface area contributed by atoms with Crippen LogP contribution in [0.3, 0.4) is 0 Å². The van der Waals surface area contributed by atoms with Crippen LogP contribution >= 0.6 is 0 Å². The number of piperazine rings is 1. The van der Waals surface area contributed by atoms with Gasteiger partial charge in [-0.05, 0) is 24.5 Å². The van der Waals surface area contributed by atoms with Crippen LogP contribution in [-0.2, 0) is 14.8 Å². The zero-order valence-electron chi connectivity index (χ0n) is 18.2. The van der Waals surface area contributed by atoms with Crippen molar-refractivity contribution in [3.05, 3.63) is 28.3 Å². The van der Waals surface area contributed by atoms with Crippen LogP contribution in [0.4, 0.5) is 10.5 Å². The van der Waals surface area contributed by atoms with Crippen molar-refractivity contribution in [1.29, 1.82) is 0 Å². The van der Waals surface area contributed by atoms with E-state index in [2.05, 4.69) is 5.32 Å². The molecule has 2 saturated heterocycles. The summed E-state index contributed by atoms with van der Waals surface area (Å²) in [5.74, 6) is -0.0425. The second-order valence-corrected chi connectivity index (χ2v) is 10.1. The minimum Gasteiger partial charge on any atom is -0.490 e. The largest absolute Gasteiger partial charge is 0.490 e. The quantitative estimate of drug-likeness (QED) is 0.335. The van der Waals surface area contributed by atoms with Gasteiger partial charge in [-0.15, -0.1) is 0 Å². The molecule has 0 spiro atoms. The number of nitrogens with zero attached hydrogens (tertiary/aromatic N) is 4. The Hall–Kier alpha value is -2.77. The molecule has 2 fully saturated rings. The van der Waals surface area contributed by atoms with E-state index >= 15 is 0 Å². The smallest absolute Gasteiger partial charge is 0.325 e. The second-order valence-electron chi connectivity index (χ2n) is 8.15. The zero-order valence-corrected chi connectivity index (χ0v) is 19.0. The van der Waals surface area contributed by atoms with Crippen LogP contribution in [0.5, 0.6) is 5.75 Å². The molecule has 3 rings (SSSR count). The van der Waals surface area contributed by atoms with Gasteiger partial charge in [0.1, 0.15) is 6.04 Å². The fraction of sp³-hybridized carbons (Fsp3) is 0.579. The molecule has 0 bridgehead atoms. The van der Waals surface area contributed by atoms with E-state index in [1.165, 1.54) is 23.5 Å². The molecule has 32 heavy (non-hydrogen) atoms. The molecule has 3 amide bonds. The fourth-order valence-corrected chi connectivity index (χ4v) is 5.22. The Kier molecular flexibility index (Phi) is 7.00. The van der Waals surface area contributed by atoms with Crippen molar-refractivity contribution < 1.29 is 27.7 Å². The van der Waals surface area contributed by atoms with E-state index in [4.69, 9.17) is 4.74 Å². The summed E-state index contributed by atoms with van der Waals surface area (Å²) in [5.41, 5.74) is -0.429. The maximum Gasteiger partial charge on any atom is 0.325 e. The van der Waals surface area contributed by atoms with Gasteiger partial charge in [-0.1, -0.05) is 13.8 Å². The SMILES string of the molecule is COc1ccc(S(=O)(=O)N2CCN(CN3C(=O)NC(CC(C)C)C3=O)CC2)cc1[N+](=O)[O-]. The lowest BCUT2D eigenvalue weighted by Gasteiger charge is -2.35. The maximum absolute atomic E-state index is 13.0. The molecule has 1 aromatic carbocycles. The molecule has 1 N–H and O–H groups in total. The Morgan fingerprint density at radius 1 is 1.22 bits per heavy atom. The first-order chi connectivity index (χ1) is 15.0. The third-order valence-corrected chi connectivity index (χ3v) is 7.37. The number of methoxy groups -OCH3 is 1. The molecule has 0 aromatic heterocycles. The lowest BCUT2D eigenvalue weighted by atomic mass is 10.0. The number of urea groups is 1. The first kappa shape index (κ1) is 23.9. The predicted molar refractivity (Wildman–Crippen MR) is 113 cm³/mol.